The first-order chi connectivity index (χ1) is 12.1. The summed E-state index contributed by atoms with van der Waals surface area (Å²) in [6.45, 7) is 0. The lowest BCUT2D eigenvalue weighted by atomic mass is 9.93. The van der Waals surface area contributed by atoms with E-state index < -0.39 is 5.82 Å². The largest absolute Gasteiger partial charge is 0.393 e. The highest BCUT2D eigenvalue weighted by molar-refractivity contribution is 6.30. The number of aliphatic hydroxyl groups is 1. The van der Waals surface area contributed by atoms with Crippen LogP contribution in [0.5, 0.6) is 0 Å². The lowest BCUT2D eigenvalue weighted by Crippen LogP contribution is -2.28. The number of nitrogens with zero attached hydrogens (tertiary/aromatic N) is 3. The number of aromatic nitrogens is 3. The smallest absolute Gasteiger partial charge is 0.154 e. The molecular formula is C18H18ClFN4O. The van der Waals surface area contributed by atoms with Crippen LogP contribution in [0.2, 0.25) is 5.02 Å². The first kappa shape index (κ1) is 16.3. The molecule has 7 heteroatoms. The highest BCUT2D eigenvalue weighted by Gasteiger charge is 2.19. The summed E-state index contributed by atoms with van der Waals surface area (Å²) in [5.74, 6) is 0.270. The van der Waals surface area contributed by atoms with Crippen molar-refractivity contribution < 1.29 is 9.50 Å². The topological polar surface area (TPSA) is 62.5 Å². The molecule has 2 heterocycles. The first-order valence-corrected chi connectivity index (χ1v) is 8.73. The van der Waals surface area contributed by atoms with Gasteiger partial charge in [0, 0.05) is 11.6 Å². The van der Waals surface area contributed by atoms with Crippen molar-refractivity contribution in [1.29, 1.82) is 0 Å². The zero-order valence-electron chi connectivity index (χ0n) is 13.5. The van der Waals surface area contributed by atoms with Crippen LogP contribution in [0.25, 0.3) is 16.9 Å². The van der Waals surface area contributed by atoms with Crippen molar-refractivity contribution in [3.8, 4) is 11.3 Å². The molecule has 0 aliphatic heterocycles. The Kier molecular flexibility index (Phi) is 4.31. The maximum atomic E-state index is 13.8. The van der Waals surface area contributed by atoms with Gasteiger partial charge in [-0.3, -0.25) is 0 Å². The van der Waals surface area contributed by atoms with Gasteiger partial charge in [0.15, 0.2) is 5.65 Å². The van der Waals surface area contributed by atoms with Crippen molar-refractivity contribution in [2.45, 2.75) is 37.8 Å². The van der Waals surface area contributed by atoms with Gasteiger partial charge in [0.05, 0.1) is 23.0 Å². The van der Waals surface area contributed by atoms with E-state index in [9.17, 15) is 9.50 Å². The fraction of sp³-hybridized carbons (Fsp3) is 0.333. The van der Waals surface area contributed by atoms with Crippen LogP contribution in [0.3, 0.4) is 0 Å². The number of hydrogen-bond acceptors (Lipinski definition) is 4. The molecule has 0 unspecified atom stereocenters. The first-order valence-electron chi connectivity index (χ1n) is 8.35. The fourth-order valence-electron chi connectivity index (χ4n) is 3.23. The second-order valence-corrected chi connectivity index (χ2v) is 6.82. The van der Waals surface area contributed by atoms with Crippen LogP contribution < -0.4 is 5.32 Å². The van der Waals surface area contributed by atoms with E-state index in [0.717, 1.165) is 31.5 Å². The zero-order chi connectivity index (χ0) is 17.4. The maximum absolute atomic E-state index is 13.8. The van der Waals surface area contributed by atoms with Gasteiger partial charge in [-0.1, -0.05) is 17.7 Å². The van der Waals surface area contributed by atoms with Crippen molar-refractivity contribution in [1.82, 2.24) is 14.6 Å². The number of halogens is 2. The highest BCUT2D eigenvalue weighted by Crippen LogP contribution is 2.26. The molecule has 1 aliphatic carbocycles. The third-order valence-electron chi connectivity index (χ3n) is 4.63. The summed E-state index contributed by atoms with van der Waals surface area (Å²) in [5, 5.41) is 17.7. The van der Waals surface area contributed by atoms with Crippen LogP contribution in [-0.4, -0.2) is 31.9 Å². The maximum Gasteiger partial charge on any atom is 0.154 e. The SMILES string of the molecule is O[C@H]1CC[C@H](Nc2ccc3ncc(-c4ccc(Cl)c(F)c4)n3n2)CC1. The summed E-state index contributed by atoms with van der Waals surface area (Å²) in [6.07, 6.45) is 4.93. The van der Waals surface area contributed by atoms with E-state index in [0.29, 0.717) is 22.9 Å². The van der Waals surface area contributed by atoms with Crippen molar-refractivity contribution in [2.75, 3.05) is 5.32 Å². The average molecular weight is 361 g/mol. The van der Waals surface area contributed by atoms with Gasteiger partial charge in [-0.15, -0.1) is 5.10 Å². The van der Waals surface area contributed by atoms with Gasteiger partial charge in [-0.05, 0) is 49.9 Å². The van der Waals surface area contributed by atoms with Crippen LogP contribution in [0, 0.1) is 5.82 Å². The molecule has 0 radical (unpaired) electrons. The zero-order valence-corrected chi connectivity index (χ0v) is 14.2. The minimum Gasteiger partial charge on any atom is -0.393 e. The number of rotatable bonds is 3. The average Bonchev–Trinajstić information content (AvgIpc) is 3.03. The van der Waals surface area contributed by atoms with Crippen molar-refractivity contribution >= 4 is 23.1 Å². The summed E-state index contributed by atoms with van der Waals surface area (Å²) < 4.78 is 15.5. The monoisotopic (exact) mass is 360 g/mol. The molecule has 0 spiro atoms. The predicted molar refractivity (Wildman–Crippen MR) is 95.3 cm³/mol. The predicted octanol–water partition coefficient (Wildman–Crippen LogP) is 3.90. The second-order valence-electron chi connectivity index (χ2n) is 6.41. The van der Waals surface area contributed by atoms with E-state index in [1.807, 2.05) is 12.1 Å². The van der Waals surface area contributed by atoms with Gasteiger partial charge in [-0.25, -0.2) is 13.9 Å². The molecule has 1 fully saturated rings. The molecule has 4 rings (SSSR count). The van der Waals surface area contributed by atoms with Crippen molar-refractivity contribution in [3.63, 3.8) is 0 Å². The Morgan fingerprint density at radius 2 is 1.96 bits per heavy atom. The van der Waals surface area contributed by atoms with Gasteiger partial charge in [0.25, 0.3) is 0 Å². The molecule has 1 saturated carbocycles. The third-order valence-corrected chi connectivity index (χ3v) is 4.93. The summed E-state index contributed by atoms with van der Waals surface area (Å²) >= 11 is 5.76. The fourth-order valence-corrected chi connectivity index (χ4v) is 3.35. The molecule has 0 bridgehead atoms. The van der Waals surface area contributed by atoms with Gasteiger partial charge < -0.3 is 10.4 Å². The molecule has 2 N–H and O–H groups in total. The standard InChI is InChI=1S/C18H18ClFN4O/c19-14-6-1-11(9-15(14)20)16-10-21-18-8-7-17(23-24(16)18)22-12-2-4-13(25)5-3-12/h1,6-10,12-13,25H,2-5H2,(H,22,23)/t12-,13-. The summed E-state index contributed by atoms with van der Waals surface area (Å²) in [6, 6.07) is 8.73. The Morgan fingerprint density at radius 1 is 1.16 bits per heavy atom. The molecule has 1 aliphatic rings. The normalized spacial score (nSPS) is 20.8. The minimum atomic E-state index is -0.468. The quantitative estimate of drug-likeness (QED) is 0.743. The Hall–Kier alpha value is -2.18. The second kappa shape index (κ2) is 6.61. The molecule has 3 aromatic rings. The summed E-state index contributed by atoms with van der Waals surface area (Å²) in [5.41, 5.74) is 2.06. The number of anilines is 1. The van der Waals surface area contributed by atoms with Crippen molar-refractivity contribution in [2.24, 2.45) is 0 Å². The van der Waals surface area contributed by atoms with Gasteiger partial charge in [-0.2, -0.15) is 0 Å². The highest BCUT2D eigenvalue weighted by atomic mass is 35.5. The lowest BCUT2D eigenvalue weighted by Gasteiger charge is -2.26. The Morgan fingerprint density at radius 3 is 2.72 bits per heavy atom. The molecule has 130 valence electrons. The number of nitrogens with one attached hydrogen (secondary N) is 1. The van der Waals surface area contributed by atoms with Crippen LogP contribution in [0.1, 0.15) is 25.7 Å². The minimum absolute atomic E-state index is 0.0902. The van der Waals surface area contributed by atoms with E-state index in [1.165, 1.54) is 12.1 Å². The molecule has 0 amide bonds. The molecule has 1 aromatic carbocycles. The van der Waals surface area contributed by atoms with Gasteiger partial charge in [0.1, 0.15) is 11.6 Å². The van der Waals surface area contributed by atoms with Crippen LogP contribution in [-0.2, 0) is 0 Å². The molecular weight excluding hydrogens is 343 g/mol. The Balaban J connectivity index is 1.64. The van der Waals surface area contributed by atoms with E-state index in [1.54, 1.807) is 16.8 Å². The number of imidazole rings is 1. The van der Waals surface area contributed by atoms with E-state index >= 15 is 0 Å². The Bertz CT molecular complexity index is 905. The van der Waals surface area contributed by atoms with Gasteiger partial charge >= 0.3 is 0 Å². The van der Waals surface area contributed by atoms with Crippen molar-refractivity contribution in [3.05, 3.63) is 47.4 Å². The van der Waals surface area contributed by atoms with Crippen LogP contribution >= 0.6 is 11.6 Å². The molecule has 2 aromatic heterocycles. The lowest BCUT2D eigenvalue weighted by molar-refractivity contribution is 0.126. The number of aliphatic hydroxyl groups excluding tert-OH is 1. The third kappa shape index (κ3) is 3.32. The van der Waals surface area contributed by atoms with Gasteiger partial charge in [0.2, 0.25) is 0 Å². The van der Waals surface area contributed by atoms with E-state index in [4.69, 9.17) is 11.6 Å². The van der Waals surface area contributed by atoms with E-state index in [-0.39, 0.29) is 11.1 Å². The summed E-state index contributed by atoms with van der Waals surface area (Å²) in [4.78, 5) is 4.33. The number of fused-ring (bicyclic) bond motifs is 1. The molecule has 25 heavy (non-hydrogen) atoms. The summed E-state index contributed by atoms with van der Waals surface area (Å²) in [7, 11) is 0. The number of hydrogen-bond donors (Lipinski definition) is 2. The Labute approximate surface area is 149 Å². The number of benzene rings is 1. The van der Waals surface area contributed by atoms with Crippen LogP contribution in [0.4, 0.5) is 10.2 Å². The molecule has 0 atom stereocenters. The van der Waals surface area contributed by atoms with E-state index in [2.05, 4.69) is 15.4 Å². The van der Waals surface area contributed by atoms with Crippen LogP contribution in [0.15, 0.2) is 36.5 Å². The molecule has 5 nitrogen and oxygen atoms in total. The molecule has 0 saturated heterocycles.